The summed E-state index contributed by atoms with van der Waals surface area (Å²) >= 11 is 0. The smallest absolute Gasteiger partial charge is 0.227 e. The lowest BCUT2D eigenvalue weighted by atomic mass is 9.88. The van der Waals surface area contributed by atoms with Crippen LogP contribution in [-0.4, -0.2) is 17.0 Å². The molecule has 0 heterocycles. The predicted molar refractivity (Wildman–Crippen MR) is 76.5 cm³/mol. The van der Waals surface area contributed by atoms with Crippen LogP contribution < -0.4 is 11.1 Å². The molecule has 5 nitrogen and oxygen atoms in total. The first-order valence-electron chi connectivity index (χ1n) is 7.16. The standard InChI is InChI=1S/C15H18FN3O2/c16-13-4-3-10(7-12(13)14(17)19-21)18-15(20)11-6-8-1-2-9(11)5-8/h3-4,7-9,11,21H,1-2,5-6H2,(H2,17,19)(H,18,20). The Morgan fingerprint density at radius 3 is 2.81 bits per heavy atom. The first-order valence-corrected chi connectivity index (χ1v) is 7.16. The molecule has 0 aliphatic heterocycles. The van der Waals surface area contributed by atoms with Crippen LogP contribution >= 0.6 is 0 Å². The topological polar surface area (TPSA) is 87.7 Å². The van der Waals surface area contributed by atoms with Gasteiger partial charge in [-0.1, -0.05) is 11.6 Å². The third-order valence-electron chi connectivity index (χ3n) is 4.69. The van der Waals surface area contributed by atoms with Crippen molar-refractivity contribution in [2.24, 2.45) is 28.6 Å². The first kappa shape index (κ1) is 13.9. The van der Waals surface area contributed by atoms with Crippen LogP contribution in [0.1, 0.15) is 31.2 Å². The maximum Gasteiger partial charge on any atom is 0.227 e. The summed E-state index contributed by atoms with van der Waals surface area (Å²) in [5.74, 6) is 0.304. The first-order chi connectivity index (χ1) is 10.1. The molecule has 3 unspecified atom stereocenters. The van der Waals surface area contributed by atoms with Crippen molar-refractivity contribution in [2.45, 2.75) is 25.7 Å². The quantitative estimate of drug-likeness (QED) is 0.345. The van der Waals surface area contributed by atoms with Crippen molar-refractivity contribution in [1.82, 2.24) is 0 Å². The summed E-state index contributed by atoms with van der Waals surface area (Å²) in [6.07, 6.45) is 4.46. The van der Waals surface area contributed by atoms with Gasteiger partial charge in [0.1, 0.15) is 5.82 Å². The molecule has 0 aromatic heterocycles. The van der Waals surface area contributed by atoms with Gasteiger partial charge in [0.05, 0.1) is 5.56 Å². The zero-order valence-corrected chi connectivity index (χ0v) is 11.6. The Balaban J connectivity index is 1.74. The van der Waals surface area contributed by atoms with Crippen LogP contribution in [-0.2, 0) is 4.79 Å². The zero-order valence-electron chi connectivity index (χ0n) is 11.6. The van der Waals surface area contributed by atoms with Gasteiger partial charge in [0.25, 0.3) is 0 Å². The fourth-order valence-electron chi connectivity index (χ4n) is 3.65. The van der Waals surface area contributed by atoms with Gasteiger partial charge in [0.2, 0.25) is 5.91 Å². The number of benzene rings is 1. The summed E-state index contributed by atoms with van der Waals surface area (Å²) in [4.78, 5) is 12.3. The molecule has 3 rings (SSSR count). The molecule has 4 N–H and O–H groups in total. The number of amides is 1. The average molecular weight is 291 g/mol. The van der Waals surface area contributed by atoms with Gasteiger partial charge in [-0.05, 0) is 49.3 Å². The molecule has 1 aromatic carbocycles. The van der Waals surface area contributed by atoms with Crippen LogP contribution in [0.2, 0.25) is 0 Å². The molecular formula is C15H18FN3O2. The van der Waals surface area contributed by atoms with E-state index in [2.05, 4.69) is 10.5 Å². The fraction of sp³-hybridized carbons (Fsp3) is 0.467. The molecule has 0 saturated heterocycles. The van der Waals surface area contributed by atoms with Crippen molar-refractivity contribution in [3.8, 4) is 0 Å². The molecule has 1 amide bonds. The molecule has 112 valence electrons. The Bertz CT molecular complexity index is 603. The van der Waals surface area contributed by atoms with Gasteiger partial charge in [-0.15, -0.1) is 0 Å². The number of carbonyl (C=O) groups excluding carboxylic acids is 1. The number of carbonyl (C=O) groups is 1. The van der Waals surface area contributed by atoms with E-state index in [0.29, 0.717) is 17.5 Å². The normalized spacial score (nSPS) is 27.9. The van der Waals surface area contributed by atoms with Gasteiger partial charge in [-0.25, -0.2) is 4.39 Å². The predicted octanol–water partition coefficient (Wildman–Crippen LogP) is 2.29. The number of anilines is 1. The van der Waals surface area contributed by atoms with Crippen LogP contribution in [0.5, 0.6) is 0 Å². The maximum absolute atomic E-state index is 13.6. The minimum Gasteiger partial charge on any atom is -0.409 e. The van der Waals surface area contributed by atoms with Crippen molar-refractivity contribution >= 4 is 17.4 Å². The molecule has 2 aliphatic rings. The number of nitrogens with two attached hydrogens (primary N) is 1. The number of hydrogen-bond acceptors (Lipinski definition) is 3. The van der Waals surface area contributed by atoms with Gasteiger partial charge in [0, 0.05) is 11.6 Å². The van der Waals surface area contributed by atoms with E-state index in [4.69, 9.17) is 10.9 Å². The molecule has 1 aromatic rings. The SMILES string of the molecule is NC(=NO)c1cc(NC(=O)C2CC3CCC2C3)ccc1F. The molecular weight excluding hydrogens is 273 g/mol. The molecule has 2 fully saturated rings. The summed E-state index contributed by atoms with van der Waals surface area (Å²) < 4.78 is 13.6. The third-order valence-corrected chi connectivity index (χ3v) is 4.69. The monoisotopic (exact) mass is 291 g/mol. The van der Waals surface area contributed by atoms with Crippen molar-refractivity contribution in [1.29, 1.82) is 0 Å². The average Bonchev–Trinajstić information content (AvgIpc) is 3.11. The van der Waals surface area contributed by atoms with Crippen LogP contribution in [0.15, 0.2) is 23.4 Å². The Kier molecular flexibility index (Phi) is 3.53. The lowest BCUT2D eigenvalue weighted by Crippen LogP contribution is -2.27. The molecule has 2 bridgehead atoms. The summed E-state index contributed by atoms with van der Waals surface area (Å²) in [5, 5.41) is 14.2. The highest BCUT2D eigenvalue weighted by Crippen LogP contribution is 2.48. The van der Waals surface area contributed by atoms with Crippen LogP contribution in [0, 0.1) is 23.6 Å². The second-order valence-corrected chi connectivity index (χ2v) is 5.95. The van der Waals surface area contributed by atoms with Crippen molar-refractivity contribution in [3.05, 3.63) is 29.6 Å². The number of fused-ring (bicyclic) bond motifs is 2. The summed E-state index contributed by atoms with van der Waals surface area (Å²) in [5.41, 5.74) is 5.85. The number of hydrogen-bond donors (Lipinski definition) is 3. The maximum atomic E-state index is 13.6. The van der Waals surface area contributed by atoms with E-state index in [0.717, 1.165) is 19.3 Å². The number of amidine groups is 1. The summed E-state index contributed by atoms with van der Waals surface area (Å²) in [7, 11) is 0. The van der Waals surface area contributed by atoms with Gasteiger partial charge in [0.15, 0.2) is 5.84 Å². The van der Waals surface area contributed by atoms with E-state index in [-0.39, 0.29) is 23.2 Å². The highest BCUT2D eigenvalue weighted by molar-refractivity contribution is 5.99. The number of rotatable bonds is 3. The summed E-state index contributed by atoms with van der Waals surface area (Å²) in [6.45, 7) is 0. The van der Waals surface area contributed by atoms with E-state index < -0.39 is 5.82 Å². The van der Waals surface area contributed by atoms with E-state index in [1.54, 1.807) is 0 Å². The van der Waals surface area contributed by atoms with Crippen LogP contribution in [0.3, 0.4) is 0 Å². The van der Waals surface area contributed by atoms with Crippen molar-refractivity contribution < 1.29 is 14.4 Å². The molecule has 21 heavy (non-hydrogen) atoms. The van der Waals surface area contributed by atoms with E-state index in [1.165, 1.54) is 24.6 Å². The number of nitrogens with zero attached hydrogens (tertiary/aromatic N) is 1. The van der Waals surface area contributed by atoms with E-state index in [9.17, 15) is 9.18 Å². The van der Waals surface area contributed by atoms with Gasteiger partial charge >= 0.3 is 0 Å². The molecule has 2 saturated carbocycles. The lowest BCUT2D eigenvalue weighted by Gasteiger charge is -2.21. The minimum atomic E-state index is -0.594. The highest BCUT2D eigenvalue weighted by atomic mass is 19.1. The van der Waals surface area contributed by atoms with Crippen molar-refractivity contribution in [3.63, 3.8) is 0 Å². The second kappa shape index (κ2) is 5.35. The van der Waals surface area contributed by atoms with Gasteiger partial charge in [-0.3, -0.25) is 4.79 Å². The molecule has 0 radical (unpaired) electrons. The van der Waals surface area contributed by atoms with Crippen molar-refractivity contribution in [2.75, 3.05) is 5.32 Å². The molecule has 3 atom stereocenters. The largest absolute Gasteiger partial charge is 0.409 e. The van der Waals surface area contributed by atoms with Gasteiger partial charge < -0.3 is 16.3 Å². The number of halogens is 1. The molecule has 6 heteroatoms. The Labute approximate surface area is 122 Å². The van der Waals surface area contributed by atoms with E-state index >= 15 is 0 Å². The summed E-state index contributed by atoms with van der Waals surface area (Å²) in [6, 6.07) is 4.06. The Morgan fingerprint density at radius 2 is 2.19 bits per heavy atom. The van der Waals surface area contributed by atoms with Crippen LogP contribution in [0.4, 0.5) is 10.1 Å². The van der Waals surface area contributed by atoms with Gasteiger partial charge in [-0.2, -0.15) is 0 Å². The number of oxime groups is 1. The van der Waals surface area contributed by atoms with Crippen LogP contribution in [0.25, 0.3) is 0 Å². The lowest BCUT2D eigenvalue weighted by molar-refractivity contribution is -0.121. The highest BCUT2D eigenvalue weighted by Gasteiger charge is 2.43. The minimum absolute atomic E-state index is 0.0146. The molecule has 2 aliphatic carbocycles. The Morgan fingerprint density at radius 1 is 1.38 bits per heavy atom. The fourth-order valence-corrected chi connectivity index (χ4v) is 3.65. The Hall–Kier alpha value is -2.11. The van der Waals surface area contributed by atoms with E-state index in [1.807, 2.05) is 0 Å². The molecule has 0 spiro atoms. The second-order valence-electron chi connectivity index (χ2n) is 5.95. The number of nitrogens with one attached hydrogen (secondary N) is 1. The third kappa shape index (κ3) is 2.57. The zero-order chi connectivity index (χ0) is 15.0.